The number of rotatable bonds is 5. The SMILES string of the molecule is Cc1cc(Cc2ccccc2)cc([C@@H]2CCCN(C(=O)CC3=CC(C)(C)NC(C)(C)C3)C2)n1. The second-order valence-electron chi connectivity index (χ2n) is 11.3. The van der Waals surface area contributed by atoms with Crippen LogP contribution in [0.25, 0.3) is 0 Å². The van der Waals surface area contributed by atoms with Crippen LogP contribution in [0.15, 0.2) is 54.1 Å². The minimum atomic E-state index is -0.0809. The Labute approximate surface area is 199 Å². The van der Waals surface area contributed by atoms with E-state index in [-0.39, 0.29) is 17.0 Å². The fourth-order valence-electron chi connectivity index (χ4n) is 5.86. The number of aromatic nitrogens is 1. The van der Waals surface area contributed by atoms with Crippen molar-refractivity contribution in [3.05, 3.63) is 76.6 Å². The van der Waals surface area contributed by atoms with Gasteiger partial charge in [0.25, 0.3) is 0 Å². The van der Waals surface area contributed by atoms with Crippen molar-refractivity contribution in [1.29, 1.82) is 0 Å². The van der Waals surface area contributed by atoms with E-state index in [1.807, 2.05) is 0 Å². The van der Waals surface area contributed by atoms with Gasteiger partial charge < -0.3 is 10.2 Å². The number of pyridine rings is 1. The van der Waals surface area contributed by atoms with Crippen molar-refractivity contribution in [1.82, 2.24) is 15.2 Å². The molecule has 1 saturated heterocycles. The van der Waals surface area contributed by atoms with Crippen molar-refractivity contribution < 1.29 is 4.79 Å². The number of nitrogens with one attached hydrogen (secondary N) is 1. The molecule has 0 unspecified atom stereocenters. The second-order valence-corrected chi connectivity index (χ2v) is 11.3. The Bertz CT molecular complexity index is 1020. The fourth-order valence-corrected chi connectivity index (χ4v) is 5.86. The van der Waals surface area contributed by atoms with Crippen molar-refractivity contribution in [3.63, 3.8) is 0 Å². The maximum absolute atomic E-state index is 13.3. The molecule has 2 aliphatic heterocycles. The van der Waals surface area contributed by atoms with Gasteiger partial charge in [-0.1, -0.05) is 42.0 Å². The number of piperidine rings is 1. The first kappa shape index (κ1) is 23.7. The zero-order valence-electron chi connectivity index (χ0n) is 20.9. The molecule has 0 radical (unpaired) electrons. The molecule has 1 amide bonds. The summed E-state index contributed by atoms with van der Waals surface area (Å²) in [5, 5.41) is 3.66. The molecule has 1 N–H and O–H groups in total. The zero-order valence-corrected chi connectivity index (χ0v) is 20.9. The van der Waals surface area contributed by atoms with Crippen LogP contribution < -0.4 is 5.32 Å². The second kappa shape index (κ2) is 9.42. The summed E-state index contributed by atoms with van der Waals surface area (Å²) in [6, 6.07) is 15.0. The number of hydrogen-bond acceptors (Lipinski definition) is 3. The highest BCUT2D eigenvalue weighted by molar-refractivity contribution is 5.79. The number of hydrogen-bond donors (Lipinski definition) is 1. The molecule has 0 aliphatic carbocycles. The predicted molar refractivity (Wildman–Crippen MR) is 135 cm³/mol. The van der Waals surface area contributed by atoms with Crippen molar-refractivity contribution in [2.24, 2.45) is 0 Å². The van der Waals surface area contributed by atoms with Crippen molar-refractivity contribution in [2.45, 2.75) is 83.7 Å². The molecule has 33 heavy (non-hydrogen) atoms. The monoisotopic (exact) mass is 445 g/mol. The molecule has 4 nitrogen and oxygen atoms in total. The van der Waals surface area contributed by atoms with Crippen LogP contribution in [0.3, 0.4) is 0 Å². The number of benzene rings is 1. The predicted octanol–water partition coefficient (Wildman–Crippen LogP) is 5.55. The summed E-state index contributed by atoms with van der Waals surface area (Å²) in [5.41, 5.74) is 6.01. The average molecular weight is 446 g/mol. The summed E-state index contributed by atoms with van der Waals surface area (Å²) in [6.07, 6.45) is 6.76. The Morgan fingerprint density at radius 2 is 1.88 bits per heavy atom. The number of nitrogens with zero attached hydrogens (tertiary/aromatic N) is 2. The third kappa shape index (κ3) is 6.32. The topological polar surface area (TPSA) is 45.2 Å². The Hall–Kier alpha value is -2.46. The van der Waals surface area contributed by atoms with Gasteiger partial charge in [-0.05, 0) is 83.6 Å². The molecular weight excluding hydrogens is 406 g/mol. The van der Waals surface area contributed by atoms with E-state index in [2.05, 4.69) is 93.4 Å². The lowest BCUT2D eigenvalue weighted by Crippen LogP contribution is -2.54. The average Bonchev–Trinajstić information content (AvgIpc) is 2.72. The number of amides is 1. The van der Waals surface area contributed by atoms with Crippen LogP contribution in [-0.4, -0.2) is 40.0 Å². The summed E-state index contributed by atoms with van der Waals surface area (Å²) in [7, 11) is 0. The number of carbonyl (C=O) groups excluding carboxylic acids is 1. The molecule has 0 bridgehead atoms. The molecule has 0 spiro atoms. The van der Waals surface area contributed by atoms with Gasteiger partial charge in [-0.3, -0.25) is 9.78 Å². The van der Waals surface area contributed by atoms with Crippen LogP contribution >= 0.6 is 0 Å². The van der Waals surface area contributed by atoms with E-state index in [9.17, 15) is 4.79 Å². The smallest absolute Gasteiger partial charge is 0.226 e. The summed E-state index contributed by atoms with van der Waals surface area (Å²) in [4.78, 5) is 20.3. The number of carbonyl (C=O) groups is 1. The van der Waals surface area contributed by atoms with E-state index < -0.39 is 0 Å². The molecular formula is C29H39N3O. The van der Waals surface area contributed by atoms with Crippen LogP contribution in [-0.2, 0) is 11.2 Å². The van der Waals surface area contributed by atoms with Crippen LogP contribution in [0.1, 0.15) is 81.8 Å². The summed E-state index contributed by atoms with van der Waals surface area (Å²) >= 11 is 0. The Balaban J connectivity index is 1.45. The summed E-state index contributed by atoms with van der Waals surface area (Å²) < 4.78 is 0. The standard InChI is InChI=1S/C29H39N3O/c1-21-14-23(15-22-10-7-6-8-11-22)16-26(30-21)25-12-9-13-32(20-25)27(33)17-24-18-28(2,3)31-29(4,5)19-24/h6-8,10-11,14,16,18,25,31H,9,12-13,15,17,19-20H2,1-5H3/t25-/m1/s1. The van der Waals surface area contributed by atoms with Gasteiger partial charge in [0, 0.05) is 47.9 Å². The molecule has 1 aromatic heterocycles. The van der Waals surface area contributed by atoms with Gasteiger partial charge in [0.15, 0.2) is 0 Å². The molecule has 4 heteroatoms. The van der Waals surface area contributed by atoms with Gasteiger partial charge in [-0.2, -0.15) is 0 Å². The van der Waals surface area contributed by atoms with E-state index >= 15 is 0 Å². The van der Waals surface area contributed by atoms with E-state index in [4.69, 9.17) is 4.98 Å². The number of likely N-dealkylation sites (tertiary alicyclic amines) is 1. The molecule has 4 rings (SSSR count). The Kier molecular flexibility index (Phi) is 6.76. The lowest BCUT2D eigenvalue weighted by Gasteiger charge is -2.41. The lowest BCUT2D eigenvalue weighted by molar-refractivity contribution is -0.131. The van der Waals surface area contributed by atoms with E-state index in [1.54, 1.807) is 0 Å². The van der Waals surface area contributed by atoms with Crippen LogP contribution in [0, 0.1) is 6.92 Å². The zero-order chi connectivity index (χ0) is 23.6. The van der Waals surface area contributed by atoms with Gasteiger partial charge in [0.1, 0.15) is 0 Å². The maximum atomic E-state index is 13.3. The minimum Gasteiger partial charge on any atom is -0.342 e. The highest BCUT2D eigenvalue weighted by Crippen LogP contribution is 2.32. The first-order chi connectivity index (χ1) is 15.6. The van der Waals surface area contributed by atoms with Gasteiger partial charge in [-0.15, -0.1) is 0 Å². The van der Waals surface area contributed by atoms with Gasteiger partial charge in [-0.25, -0.2) is 0 Å². The van der Waals surface area contributed by atoms with Crippen molar-refractivity contribution >= 4 is 5.91 Å². The largest absolute Gasteiger partial charge is 0.342 e. The molecule has 3 heterocycles. The first-order valence-electron chi connectivity index (χ1n) is 12.4. The fraction of sp³-hybridized carbons (Fsp3) is 0.517. The molecule has 2 aliphatic rings. The van der Waals surface area contributed by atoms with Crippen molar-refractivity contribution in [3.8, 4) is 0 Å². The van der Waals surface area contributed by atoms with Gasteiger partial charge >= 0.3 is 0 Å². The molecule has 1 aromatic carbocycles. The molecule has 1 atom stereocenters. The third-order valence-corrected chi connectivity index (χ3v) is 6.75. The summed E-state index contributed by atoms with van der Waals surface area (Å²) in [6.45, 7) is 12.5. The number of aryl methyl sites for hydroxylation is 1. The quantitative estimate of drug-likeness (QED) is 0.614. The highest BCUT2D eigenvalue weighted by atomic mass is 16.2. The summed E-state index contributed by atoms with van der Waals surface area (Å²) in [5.74, 6) is 0.573. The maximum Gasteiger partial charge on any atom is 0.226 e. The molecule has 176 valence electrons. The third-order valence-electron chi connectivity index (χ3n) is 6.75. The van der Waals surface area contributed by atoms with E-state index in [0.717, 1.165) is 50.2 Å². The van der Waals surface area contributed by atoms with E-state index in [1.165, 1.54) is 16.7 Å². The van der Waals surface area contributed by atoms with Gasteiger partial charge in [0.2, 0.25) is 5.91 Å². The van der Waals surface area contributed by atoms with Crippen LogP contribution in [0.5, 0.6) is 0 Å². The molecule has 1 fully saturated rings. The van der Waals surface area contributed by atoms with Crippen molar-refractivity contribution in [2.75, 3.05) is 13.1 Å². The highest BCUT2D eigenvalue weighted by Gasteiger charge is 2.34. The van der Waals surface area contributed by atoms with Gasteiger partial charge in [0.05, 0.1) is 0 Å². The first-order valence-corrected chi connectivity index (χ1v) is 12.4. The molecule has 2 aromatic rings. The Morgan fingerprint density at radius 3 is 2.61 bits per heavy atom. The van der Waals surface area contributed by atoms with Crippen LogP contribution in [0.2, 0.25) is 0 Å². The minimum absolute atomic E-state index is 0.0128. The molecule has 0 saturated carbocycles. The van der Waals surface area contributed by atoms with Crippen LogP contribution in [0.4, 0.5) is 0 Å². The van der Waals surface area contributed by atoms with E-state index in [0.29, 0.717) is 12.3 Å². The Morgan fingerprint density at radius 1 is 1.12 bits per heavy atom. The lowest BCUT2D eigenvalue weighted by atomic mass is 9.82. The normalized spacial score (nSPS) is 22.0.